The van der Waals surface area contributed by atoms with E-state index in [1.54, 1.807) is 48.5 Å². The van der Waals surface area contributed by atoms with E-state index in [0.29, 0.717) is 39.4 Å². The fourth-order valence-corrected chi connectivity index (χ4v) is 3.00. The molecule has 6 heteroatoms. The summed E-state index contributed by atoms with van der Waals surface area (Å²) in [5.41, 5.74) is 2.86. The number of amides is 1. The van der Waals surface area contributed by atoms with Crippen LogP contribution in [0, 0.1) is 6.92 Å². The number of ether oxygens (including phenoxy) is 2. The van der Waals surface area contributed by atoms with Gasteiger partial charge in [-0.2, -0.15) is 0 Å². The summed E-state index contributed by atoms with van der Waals surface area (Å²) >= 11 is 12.0. The van der Waals surface area contributed by atoms with Crippen LogP contribution in [-0.2, 0) is 6.61 Å². The van der Waals surface area contributed by atoms with E-state index in [4.69, 9.17) is 32.7 Å². The Labute approximate surface area is 180 Å². The third-order valence-electron chi connectivity index (χ3n) is 4.26. The van der Waals surface area contributed by atoms with Crippen molar-refractivity contribution >= 4 is 34.8 Å². The average Bonchev–Trinajstić information content (AvgIpc) is 2.71. The topological polar surface area (TPSA) is 47.6 Å². The first-order valence-electron chi connectivity index (χ1n) is 9.18. The molecule has 0 saturated carbocycles. The lowest BCUT2D eigenvalue weighted by molar-refractivity contribution is 0.102. The summed E-state index contributed by atoms with van der Waals surface area (Å²) in [5.74, 6) is 1.12. The van der Waals surface area contributed by atoms with Gasteiger partial charge in [-0.25, -0.2) is 0 Å². The third kappa shape index (κ3) is 5.66. The SMILES string of the molecule is CCOc1ccc(C(=O)Nc2ccc(C)c(Cl)c2)cc1COc1ccc(Cl)cc1. The van der Waals surface area contributed by atoms with Crippen LogP contribution in [0.3, 0.4) is 0 Å². The van der Waals surface area contributed by atoms with Crippen molar-refractivity contribution in [2.75, 3.05) is 11.9 Å². The lowest BCUT2D eigenvalue weighted by Crippen LogP contribution is -2.13. The van der Waals surface area contributed by atoms with Gasteiger partial charge in [-0.15, -0.1) is 0 Å². The van der Waals surface area contributed by atoms with Crippen molar-refractivity contribution in [1.29, 1.82) is 0 Å². The molecule has 0 aromatic heterocycles. The molecule has 3 aromatic rings. The van der Waals surface area contributed by atoms with Gasteiger partial charge in [0.1, 0.15) is 18.1 Å². The largest absolute Gasteiger partial charge is 0.493 e. The van der Waals surface area contributed by atoms with Crippen LogP contribution in [0.4, 0.5) is 5.69 Å². The molecule has 0 fully saturated rings. The minimum atomic E-state index is -0.235. The van der Waals surface area contributed by atoms with E-state index >= 15 is 0 Å². The number of nitrogens with one attached hydrogen (secondary N) is 1. The summed E-state index contributed by atoms with van der Waals surface area (Å²) in [6.07, 6.45) is 0. The predicted octanol–water partition coefficient (Wildman–Crippen LogP) is 6.53. The van der Waals surface area contributed by atoms with Crippen LogP contribution in [0.1, 0.15) is 28.4 Å². The van der Waals surface area contributed by atoms with Gasteiger partial charge in [0.25, 0.3) is 5.91 Å². The van der Waals surface area contributed by atoms with Crippen molar-refractivity contribution < 1.29 is 14.3 Å². The van der Waals surface area contributed by atoms with Crippen LogP contribution in [-0.4, -0.2) is 12.5 Å². The first-order chi connectivity index (χ1) is 14.0. The van der Waals surface area contributed by atoms with Crippen LogP contribution >= 0.6 is 23.2 Å². The summed E-state index contributed by atoms with van der Waals surface area (Å²) in [4.78, 5) is 12.7. The Balaban J connectivity index is 1.78. The van der Waals surface area contributed by atoms with Crippen LogP contribution in [0.2, 0.25) is 10.0 Å². The Bertz CT molecular complexity index is 1000. The standard InChI is InChI=1S/C23H21Cl2NO3/c1-3-28-22-11-5-16(23(27)26-19-8-4-15(2)21(25)13-19)12-17(22)14-29-20-9-6-18(24)7-10-20/h4-13H,3,14H2,1-2H3,(H,26,27). The zero-order valence-electron chi connectivity index (χ0n) is 16.2. The number of hydrogen-bond acceptors (Lipinski definition) is 3. The predicted molar refractivity (Wildman–Crippen MR) is 118 cm³/mol. The highest BCUT2D eigenvalue weighted by Gasteiger charge is 2.12. The van der Waals surface area contributed by atoms with Gasteiger partial charge in [0.15, 0.2) is 0 Å². The van der Waals surface area contributed by atoms with Crippen molar-refractivity contribution in [3.05, 3.63) is 87.4 Å². The first-order valence-corrected chi connectivity index (χ1v) is 9.93. The molecule has 3 aromatic carbocycles. The second-order valence-electron chi connectivity index (χ2n) is 6.42. The lowest BCUT2D eigenvalue weighted by Gasteiger charge is -2.14. The summed E-state index contributed by atoms with van der Waals surface area (Å²) < 4.78 is 11.5. The van der Waals surface area contributed by atoms with Crippen molar-refractivity contribution in [3.8, 4) is 11.5 Å². The van der Waals surface area contributed by atoms with E-state index in [1.807, 2.05) is 26.0 Å². The molecule has 0 saturated heterocycles. The molecule has 0 bridgehead atoms. The highest BCUT2D eigenvalue weighted by Crippen LogP contribution is 2.25. The third-order valence-corrected chi connectivity index (χ3v) is 4.92. The Morgan fingerprint density at radius 2 is 1.72 bits per heavy atom. The molecule has 0 spiro atoms. The maximum Gasteiger partial charge on any atom is 0.255 e. The number of carbonyl (C=O) groups excluding carboxylic acids is 1. The Hall–Kier alpha value is -2.69. The highest BCUT2D eigenvalue weighted by atomic mass is 35.5. The van der Waals surface area contributed by atoms with E-state index < -0.39 is 0 Å². The zero-order valence-corrected chi connectivity index (χ0v) is 17.7. The number of halogens is 2. The number of rotatable bonds is 7. The van der Waals surface area contributed by atoms with Crippen LogP contribution in [0.25, 0.3) is 0 Å². The summed E-state index contributed by atoms with van der Waals surface area (Å²) in [6.45, 7) is 4.59. The Morgan fingerprint density at radius 1 is 0.966 bits per heavy atom. The Kier molecular flexibility index (Phi) is 7.02. The van der Waals surface area contributed by atoms with E-state index in [9.17, 15) is 4.79 Å². The van der Waals surface area contributed by atoms with Gasteiger partial charge >= 0.3 is 0 Å². The molecule has 150 valence electrons. The molecule has 0 aliphatic rings. The molecule has 0 aliphatic carbocycles. The van der Waals surface area contributed by atoms with Gasteiger partial charge in [-0.05, 0) is 74.0 Å². The molecule has 29 heavy (non-hydrogen) atoms. The highest BCUT2D eigenvalue weighted by molar-refractivity contribution is 6.31. The molecule has 0 heterocycles. The molecular formula is C23H21Cl2NO3. The fourth-order valence-electron chi connectivity index (χ4n) is 2.70. The molecule has 0 unspecified atom stereocenters. The van der Waals surface area contributed by atoms with Gasteiger partial charge in [0.05, 0.1) is 6.61 Å². The van der Waals surface area contributed by atoms with Crippen molar-refractivity contribution in [3.63, 3.8) is 0 Å². The molecular weight excluding hydrogens is 409 g/mol. The smallest absolute Gasteiger partial charge is 0.255 e. The normalized spacial score (nSPS) is 10.5. The lowest BCUT2D eigenvalue weighted by atomic mass is 10.1. The van der Waals surface area contributed by atoms with Crippen LogP contribution in [0.15, 0.2) is 60.7 Å². The second kappa shape index (κ2) is 9.68. The zero-order chi connectivity index (χ0) is 20.8. The van der Waals surface area contributed by atoms with Gasteiger partial charge in [0, 0.05) is 26.9 Å². The van der Waals surface area contributed by atoms with E-state index in [1.165, 1.54) is 0 Å². The summed E-state index contributed by atoms with van der Waals surface area (Å²) in [5, 5.41) is 4.11. The van der Waals surface area contributed by atoms with E-state index in [-0.39, 0.29) is 12.5 Å². The van der Waals surface area contributed by atoms with Crippen molar-refractivity contribution in [2.24, 2.45) is 0 Å². The molecule has 0 atom stereocenters. The van der Waals surface area contributed by atoms with E-state index in [2.05, 4.69) is 5.32 Å². The number of carbonyl (C=O) groups is 1. The maximum absolute atomic E-state index is 12.7. The molecule has 0 aliphatic heterocycles. The summed E-state index contributed by atoms with van der Waals surface area (Å²) in [7, 11) is 0. The maximum atomic E-state index is 12.7. The number of anilines is 1. The van der Waals surface area contributed by atoms with Crippen LogP contribution < -0.4 is 14.8 Å². The van der Waals surface area contributed by atoms with Gasteiger partial charge in [-0.1, -0.05) is 29.3 Å². The minimum absolute atomic E-state index is 0.235. The van der Waals surface area contributed by atoms with Crippen molar-refractivity contribution in [1.82, 2.24) is 0 Å². The van der Waals surface area contributed by atoms with E-state index in [0.717, 1.165) is 11.1 Å². The molecule has 0 radical (unpaired) electrons. The number of hydrogen-bond donors (Lipinski definition) is 1. The van der Waals surface area contributed by atoms with Gasteiger partial charge in [-0.3, -0.25) is 4.79 Å². The molecule has 4 nitrogen and oxygen atoms in total. The number of aryl methyl sites for hydroxylation is 1. The van der Waals surface area contributed by atoms with Crippen molar-refractivity contribution in [2.45, 2.75) is 20.5 Å². The van der Waals surface area contributed by atoms with Crippen LogP contribution in [0.5, 0.6) is 11.5 Å². The number of benzene rings is 3. The quantitative estimate of drug-likeness (QED) is 0.464. The fraction of sp³-hybridized carbons (Fsp3) is 0.174. The minimum Gasteiger partial charge on any atom is -0.493 e. The van der Waals surface area contributed by atoms with Gasteiger partial charge < -0.3 is 14.8 Å². The Morgan fingerprint density at radius 3 is 2.41 bits per heavy atom. The molecule has 3 rings (SSSR count). The van der Waals surface area contributed by atoms with Gasteiger partial charge in [0.2, 0.25) is 0 Å². The molecule has 1 N–H and O–H groups in total. The summed E-state index contributed by atoms with van der Waals surface area (Å²) in [6, 6.07) is 17.8. The first kappa shape index (κ1) is 21.0. The second-order valence-corrected chi connectivity index (χ2v) is 7.26. The average molecular weight is 430 g/mol. The monoisotopic (exact) mass is 429 g/mol. The molecule has 1 amide bonds.